The van der Waals surface area contributed by atoms with Crippen molar-refractivity contribution in [1.82, 2.24) is 0 Å². The van der Waals surface area contributed by atoms with Gasteiger partial charge in [0.2, 0.25) is 0 Å². The number of esters is 1. The van der Waals surface area contributed by atoms with Crippen molar-refractivity contribution in [2.75, 3.05) is 7.11 Å². The molecule has 0 aliphatic carbocycles. The number of carbonyl (C=O) groups is 2. The van der Waals surface area contributed by atoms with E-state index in [1.54, 1.807) is 0 Å². The number of ether oxygens (including phenoxy) is 1. The first-order chi connectivity index (χ1) is 8.95. The Labute approximate surface area is 105 Å². The number of hydrogen-bond donors (Lipinski definition) is 0. The second kappa shape index (κ2) is 7.60. The number of benzene rings is 1. The topological polar surface area (TPSA) is 43.4 Å². The SMILES string of the molecule is [2H]C([2H])(CCC(=O)OC)C(=O)CCc1ccccc1. The van der Waals surface area contributed by atoms with Crippen molar-refractivity contribution in [3.63, 3.8) is 0 Å². The Morgan fingerprint density at radius 1 is 1.24 bits per heavy atom. The highest BCUT2D eigenvalue weighted by molar-refractivity contribution is 5.79. The van der Waals surface area contributed by atoms with E-state index in [-0.39, 0.29) is 19.3 Å². The van der Waals surface area contributed by atoms with Crippen LogP contribution in [0.4, 0.5) is 0 Å². The minimum absolute atomic E-state index is 0.0828. The third-order valence-corrected chi connectivity index (χ3v) is 2.36. The molecule has 0 saturated carbocycles. The Balaban J connectivity index is 2.45. The van der Waals surface area contributed by atoms with Gasteiger partial charge in [-0.15, -0.1) is 0 Å². The number of aryl methyl sites for hydroxylation is 1. The number of hydrogen-bond acceptors (Lipinski definition) is 3. The van der Waals surface area contributed by atoms with Crippen molar-refractivity contribution in [2.45, 2.75) is 32.1 Å². The summed E-state index contributed by atoms with van der Waals surface area (Å²) in [6, 6.07) is 9.45. The van der Waals surface area contributed by atoms with Gasteiger partial charge in [-0.05, 0) is 18.4 Å². The quantitative estimate of drug-likeness (QED) is 0.683. The first kappa shape index (κ1) is 10.5. The molecular formula is C14H18O3. The fourth-order valence-electron chi connectivity index (χ4n) is 1.40. The van der Waals surface area contributed by atoms with Crippen molar-refractivity contribution in [1.29, 1.82) is 0 Å². The van der Waals surface area contributed by atoms with Crippen LogP contribution in [-0.4, -0.2) is 18.9 Å². The summed E-state index contributed by atoms with van der Waals surface area (Å²) in [6.45, 7) is 0. The van der Waals surface area contributed by atoms with Crippen LogP contribution in [0, 0.1) is 0 Å². The molecule has 0 bridgehead atoms. The lowest BCUT2D eigenvalue weighted by Gasteiger charge is -2.01. The number of methoxy groups -OCH3 is 1. The van der Waals surface area contributed by atoms with Gasteiger partial charge < -0.3 is 4.74 Å². The standard InChI is InChI=1S/C14H18O3/c1-17-14(16)9-5-8-13(15)11-10-12-6-3-2-4-7-12/h2-4,6-7H,5,8-11H2,1H3/i8D2. The summed E-state index contributed by atoms with van der Waals surface area (Å²) < 4.78 is 19.8. The first-order valence-corrected chi connectivity index (χ1v) is 5.60. The lowest BCUT2D eigenvalue weighted by molar-refractivity contribution is -0.140. The number of rotatable bonds is 7. The fourth-order valence-corrected chi connectivity index (χ4v) is 1.40. The van der Waals surface area contributed by atoms with Crippen molar-refractivity contribution in [3.05, 3.63) is 35.9 Å². The van der Waals surface area contributed by atoms with E-state index in [4.69, 9.17) is 2.74 Å². The monoisotopic (exact) mass is 236 g/mol. The molecule has 0 spiro atoms. The van der Waals surface area contributed by atoms with E-state index >= 15 is 0 Å². The van der Waals surface area contributed by atoms with Crippen LogP contribution in [0.3, 0.4) is 0 Å². The van der Waals surface area contributed by atoms with Crippen molar-refractivity contribution >= 4 is 11.8 Å². The molecular weight excluding hydrogens is 216 g/mol. The molecule has 3 nitrogen and oxygen atoms in total. The van der Waals surface area contributed by atoms with E-state index in [1.165, 1.54) is 7.11 Å². The van der Waals surface area contributed by atoms with Gasteiger partial charge in [0.1, 0.15) is 5.78 Å². The summed E-state index contributed by atoms with van der Waals surface area (Å²) >= 11 is 0. The molecule has 17 heavy (non-hydrogen) atoms. The van der Waals surface area contributed by atoms with Crippen LogP contribution in [0.15, 0.2) is 30.3 Å². The van der Waals surface area contributed by atoms with Crippen LogP contribution < -0.4 is 0 Å². The van der Waals surface area contributed by atoms with Gasteiger partial charge in [-0.2, -0.15) is 0 Å². The zero-order valence-corrected chi connectivity index (χ0v) is 9.94. The van der Waals surface area contributed by atoms with Crippen LogP contribution in [0.1, 0.15) is 33.9 Å². The summed E-state index contributed by atoms with van der Waals surface area (Å²) in [5, 5.41) is 0. The minimum Gasteiger partial charge on any atom is -0.469 e. The molecule has 0 aromatic heterocycles. The van der Waals surface area contributed by atoms with Crippen LogP contribution >= 0.6 is 0 Å². The second-order valence-corrected chi connectivity index (χ2v) is 3.66. The van der Waals surface area contributed by atoms with Crippen molar-refractivity contribution < 1.29 is 17.1 Å². The van der Waals surface area contributed by atoms with Gasteiger partial charge in [0.15, 0.2) is 0 Å². The highest BCUT2D eigenvalue weighted by Crippen LogP contribution is 2.06. The zero-order valence-electron chi connectivity index (χ0n) is 11.9. The number of Topliss-reactive ketones (excluding diaryl/α,β-unsaturated/α-hetero) is 1. The van der Waals surface area contributed by atoms with E-state index in [1.807, 2.05) is 30.3 Å². The molecule has 0 fully saturated rings. The molecule has 0 N–H and O–H groups in total. The first-order valence-electron chi connectivity index (χ1n) is 6.60. The van der Waals surface area contributed by atoms with Gasteiger partial charge in [-0.3, -0.25) is 9.59 Å². The predicted octanol–water partition coefficient (Wildman–Crippen LogP) is 2.53. The number of ketones is 1. The summed E-state index contributed by atoms with van der Waals surface area (Å²) in [5.74, 6) is -0.972. The van der Waals surface area contributed by atoms with Crippen LogP contribution in [-0.2, 0) is 20.7 Å². The fraction of sp³-hybridized carbons (Fsp3) is 0.429. The van der Waals surface area contributed by atoms with Crippen molar-refractivity contribution in [3.8, 4) is 0 Å². The molecule has 0 aliphatic rings. The lowest BCUT2D eigenvalue weighted by atomic mass is 10.0. The highest BCUT2D eigenvalue weighted by Gasteiger charge is 2.05. The van der Waals surface area contributed by atoms with Crippen LogP contribution in [0.25, 0.3) is 0 Å². The molecule has 3 heteroatoms. The third kappa shape index (κ3) is 5.85. The van der Waals surface area contributed by atoms with Gasteiger partial charge >= 0.3 is 5.97 Å². The second-order valence-electron chi connectivity index (χ2n) is 3.66. The molecule has 1 aromatic rings. The van der Waals surface area contributed by atoms with Gasteiger partial charge in [0, 0.05) is 22.0 Å². The largest absolute Gasteiger partial charge is 0.469 e. The minimum atomic E-state index is -1.97. The Morgan fingerprint density at radius 3 is 2.59 bits per heavy atom. The maximum Gasteiger partial charge on any atom is 0.305 e. The Bertz CT molecular complexity index is 430. The van der Waals surface area contributed by atoms with E-state index in [9.17, 15) is 9.59 Å². The molecule has 1 aromatic carbocycles. The molecule has 0 amide bonds. The molecule has 0 heterocycles. The molecule has 0 radical (unpaired) electrons. The summed E-state index contributed by atoms with van der Waals surface area (Å²) in [7, 11) is 1.25. The summed E-state index contributed by atoms with van der Waals surface area (Å²) in [4.78, 5) is 22.8. The number of carbonyl (C=O) groups excluding carboxylic acids is 2. The van der Waals surface area contributed by atoms with Gasteiger partial charge in [-0.1, -0.05) is 30.3 Å². The van der Waals surface area contributed by atoms with E-state index in [0.29, 0.717) is 6.42 Å². The third-order valence-electron chi connectivity index (χ3n) is 2.36. The average molecular weight is 236 g/mol. The Kier molecular flexibility index (Phi) is 4.70. The van der Waals surface area contributed by atoms with Gasteiger partial charge in [0.25, 0.3) is 0 Å². The summed E-state index contributed by atoms with van der Waals surface area (Å²) in [6.07, 6.45) is -1.54. The van der Waals surface area contributed by atoms with E-state index in [2.05, 4.69) is 4.74 Å². The van der Waals surface area contributed by atoms with E-state index in [0.717, 1.165) is 5.56 Å². The molecule has 0 atom stereocenters. The van der Waals surface area contributed by atoms with E-state index < -0.39 is 18.1 Å². The molecule has 92 valence electrons. The summed E-state index contributed by atoms with van der Waals surface area (Å²) in [5.41, 5.74) is 1.000. The van der Waals surface area contributed by atoms with Gasteiger partial charge in [0.05, 0.1) is 7.11 Å². The van der Waals surface area contributed by atoms with Crippen LogP contribution in [0.5, 0.6) is 0 Å². The maximum atomic E-state index is 11.8. The maximum absolute atomic E-state index is 11.8. The van der Waals surface area contributed by atoms with Crippen molar-refractivity contribution in [2.24, 2.45) is 0 Å². The molecule has 0 aliphatic heterocycles. The normalized spacial score (nSPS) is 12.5. The molecule has 1 rings (SSSR count). The smallest absolute Gasteiger partial charge is 0.305 e. The zero-order chi connectivity index (χ0) is 14.3. The molecule has 0 saturated heterocycles. The lowest BCUT2D eigenvalue weighted by Crippen LogP contribution is -2.04. The van der Waals surface area contributed by atoms with Gasteiger partial charge in [-0.25, -0.2) is 0 Å². The predicted molar refractivity (Wildman–Crippen MR) is 65.6 cm³/mol. The highest BCUT2D eigenvalue weighted by atomic mass is 16.5. The average Bonchev–Trinajstić information content (AvgIpc) is 2.43. The van der Waals surface area contributed by atoms with Crippen LogP contribution in [0.2, 0.25) is 0 Å². The Hall–Kier alpha value is -1.64. The Morgan fingerprint density at radius 2 is 1.94 bits per heavy atom. The molecule has 0 unspecified atom stereocenters.